The van der Waals surface area contributed by atoms with Crippen molar-refractivity contribution in [3.8, 4) is 0 Å². The summed E-state index contributed by atoms with van der Waals surface area (Å²) in [5.74, 6) is 0.602. The maximum absolute atomic E-state index is 5.80. The Balaban J connectivity index is 2.85. The molecule has 3 heteroatoms. The zero-order valence-corrected chi connectivity index (χ0v) is 9.51. The lowest BCUT2D eigenvalue weighted by molar-refractivity contribution is 1.13. The Hall–Kier alpha value is -1.09. The van der Waals surface area contributed by atoms with E-state index in [1.807, 2.05) is 18.3 Å². The maximum Gasteiger partial charge on any atom is 0.131 e. The number of aryl methyl sites for hydroxylation is 1. The quantitative estimate of drug-likeness (QED) is 0.845. The van der Waals surface area contributed by atoms with Crippen molar-refractivity contribution in [2.75, 3.05) is 5.73 Å². The van der Waals surface area contributed by atoms with Crippen LogP contribution in [0.4, 0.5) is 5.82 Å². The lowest BCUT2D eigenvalue weighted by Crippen LogP contribution is -1.94. The van der Waals surface area contributed by atoms with Crippen molar-refractivity contribution in [3.05, 3.63) is 34.4 Å². The molecule has 0 unspecified atom stereocenters. The van der Waals surface area contributed by atoms with Crippen LogP contribution in [0.1, 0.15) is 12.5 Å². The summed E-state index contributed by atoms with van der Waals surface area (Å²) in [5.41, 5.74) is 7.04. The number of rotatable bonds is 1. The van der Waals surface area contributed by atoms with Gasteiger partial charge in [-0.2, -0.15) is 0 Å². The minimum atomic E-state index is 0.602. The largest absolute Gasteiger partial charge is 0.383 e. The van der Waals surface area contributed by atoms with Crippen LogP contribution in [-0.4, -0.2) is 4.98 Å². The molecule has 1 heterocycles. The first-order chi connectivity index (χ1) is 6.72. The molecule has 2 nitrogen and oxygen atoms in total. The highest BCUT2D eigenvalue weighted by molar-refractivity contribution is 9.10. The van der Waals surface area contributed by atoms with Crippen LogP contribution in [0.2, 0.25) is 0 Å². The lowest BCUT2D eigenvalue weighted by Gasteiger charge is -2.06. The van der Waals surface area contributed by atoms with E-state index < -0.39 is 0 Å². The molecule has 0 saturated heterocycles. The third-order valence-electron chi connectivity index (χ3n) is 2.34. The van der Waals surface area contributed by atoms with Gasteiger partial charge in [-0.15, -0.1) is 0 Å². The fourth-order valence-corrected chi connectivity index (χ4v) is 1.93. The number of nitrogens with zero attached hydrogens (tertiary/aromatic N) is 1. The summed E-state index contributed by atoms with van der Waals surface area (Å²) in [4.78, 5) is 4.17. The summed E-state index contributed by atoms with van der Waals surface area (Å²) >= 11 is 3.46. The van der Waals surface area contributed by atoms with E-state index in [0.29, 0.717) is 5.82 Å². The van der Waals surface area contributed by atoms with Crippen molar-refractivity contribution in [2.24, 2.45) is 0 Å². The monoisotopic (exact) mass is 250 g/mol. The molecular formula is C11H11BrN2. The Morgan fingerprint density at radius 1 is 1.36 bits per heavy atom. The first kappa shape index (κ1) is 9.46. The number of nitrogen functional groups attached to an aromatic ring is 1. The van der Waals surface area contributed by atoms with E-state index in [-0.39, 0.29) is 0 Å². The van der Waals surface area contributed by atoms with Crippen LogP contribution >= 0.6 is 15.9 Å². The van der Waals surface area contributed by atoms with Crippen molar-refractivity contribution in [1.82, 2.24) is 4.98 Å². The molecule has 0 aliphatic rings. The zero-order valence-electron chi connectivity index (χ0n) is 7.92. The van der Waals surface area contributed by atoms with Gasteiger partial charge < -0.3 is 5.73 Å². The minimum absolute atomic E-state index is 0.602. The van der Waals surface area contributed by atoms with E-state index in [1.165, 1.54) is 10.9 Å². The van der Waals surface area contributed by atoms with E-state index in [1.54, 1.807) is 0 Å². The first-order valence-corrected chi connectivity index (χ1v) is 5.34. The molecule has 0 bridgehead atoms. The average molecular weight is 251 g/mol. The van der Waals surface area contributed by atoms with Crippen LogP contribution < -0.4 is 5.73 Å². The highest BCUT2D eigenvalue weighted by atomic mass is 79.9. The van der Waals surface area contributed by atoms with Crippen LogP contribution in [0.3, 0.4) is 0 Å². The normalized spacial score (nSPS) is 10.7. The van der Waals surface area contributed by atoms with Crippen molar-refractivity contribution in [3.63, 3.8) is 0 Å². The molecular weight excluding hydrogens is 240 g/mol. The number of pyridine rings is 1. The molecule has 0 saturated carbocycles. The van der Waals surface area contributed by atoms with Crippen LogP contribution in [0.5, 0.6) is 0 Å². The molecule has 0 fully saturated rings. The van der Waals surface area contributed by atoms with Crippen LogP contribution in [-0.2, 0) is 6.42 Å². The fourth-order valence-electron chi connectivity index (χ4n) is 1.57. The molecule has 2 rings (SSSR count). The molecule has 2 aromatic rings. The second kappa shape index (κ2) is 3.58. The molecule has 72 valence electrons. The van der Waals surface area contributed by atoms with E-state index in [4.69, 9.17) is 5.73 Å². The fraction of sp³-hybridized carbons (Fsp3) is 0.182. The van der Waals surface area contributed by atoms with Crippen LogP contribution in [0, 0.1) is 0 Å². The number of benzene rings is 1. The summed E-state index contributed by atoms with van der Waals surface area (Å²) in [5, 5.41) is 2.22. The van der Waals surface area contributed by atoms with Gasteiger partial charge in [-0.1, -0.05) is 22.9 Å². The van der Waals surface area contributed by atoms with Gasteiger partial charge in [0.2, 0.25) is 0 Å². The molecule has 1 aromatic heterocycles. The summed E-state index contributed by atoms with van der Waals surface area (Å²) < 4.78 is 1.07. The van der Waals surface area contributed by atoms with Crippen molar-refractivity contribution < 1.29 is 0 Å². The SMILES string of the molecule is CCc1cnc(N)c2ccc(Br)cc12. The molecule has 0 spiro atoms. The summed E-state index contributed by atoms with van der Waals surface area (Å²) in [6.45, 7) is 2.12. The molecule has 2 N–H and O–H groups in total. The smallest absolute Gasteiger partial charge is 0.131 e. The van der Waals surface area contributed by atoms with Gasteiger partial charge in [-0.05, 0) is 35.6 Å². The van der Waals surface area contributed by atoms with Gasteiger partial charge in [0, 0.05) is 16.1 Å². The second-order valence-electron chi connectivity index (χ2n) is 3.21. The molecule has 0 atom stereocenters. The number of nitrogens with two attached hydrogens (primary N) is 1. The summed E-state index contributed by atoms with van der Waals surface area (Å²) in [6, 6.07) is 6.08. The van der Waals surface area contributed by atoms with Gasteiger partial charge in [0.1, 0.15) is 5.82 Å². The Morgan fingerprint density at radius 3 is 2.86 bits per heavy atom. The van der Waals surface area contributed by atoms with E-state index >= 15 is 0 Å². The molecule has 0 amide bonds. The number of anilines is 1. The van der Waals surface area contributed by atoms with Gasteiger partial charge in [-0.25, -0.2) is 4.98 Å². The zero-order chi connectivity index (χ0) is 10.1. The number of fused-ring (bicyclic) bond motifs is 1. The average Bonchev–Trinajstić information content (AvgIpc) is 2.18. The minimum Gasteiger partial charge on any atom is -0.383 e. The Bertz CT molecular complexity index is 480. The lowest BCUT2D eigenvalue weighted by atomic mass is 10.1. The standard InChI is InChI=1S/C11H11BrN2/c1-2-7-6-14-11(13)9-4-3-8(12)5-10(7)9/h3-6H,2H2,1H3,(H2,13,14). The Kier molecular flexibility index (Phi) is 2.42. The highest BCUT2D eigenvalue weighted by Gasteiger charge is 2.03. The number of halogens is 1. The van der Waals surface area contributed by atoms with E-state index in [0.717, 1.165) is 16.3 Å². The summed E-state index contributed by atoms with van der Waals surface area (Å²) in [7, 11) is 0. The predicted molar refractivity (Wildman–Crippen MR) is 63.2 cm³/mol. The number of hydrogen-bond donors (Lipinski definition) is 1. The third-order valence-corrected chi connectivity index (χ3v) is 2.84. The van der Waals surface area contributed by atoms with Gasteiger partial charge >= 0.3 is 0 Å². The first-order valence-electron chi connectivity index (χ1n) is 4.55. The van der Waals surface area contributed by atoms with Crippen molar-refractivity contribution >= 4 is 32.5 Å². The van der Waals surface area contributed by atoms with Crippen molar-refractivity contribution in [1.29, 1.82) is 0 Å². The Labute approximate surface area is 91.3 Å². The number of aromatic nitrogens is 1. The van der Waals surface area contributed by atoms with Crippen LogP contribution in [0.15, 0.2) is 28.9 Å². The molecule has 0 aliphatic carbocycles. The van der Waals surface area contributed by atoms with Crippen LogP contribution in [0.25, 0.3) is 10.8 Å². The Morgan fingerprint density at radius 2 is 2.14 bits per heavy atom. The molecule has 14 heavy (non-hydrogen) atoms. The topological polar surface area (TPSA) is 38.9 Å². The maximum atomic E-state index is 5.80. The number of hydrogen-bond acceptors (Lipinski definition) is 2. The van der Waals surface area contributed by atoms with Gasteiger partial charge in [0.25, 0.3) is 0 Å². The molecule has 0 radical (unpaired) electrons. The van der Waals surface area contributed by atoms with E-state index in [2.05, 4.69) is 33.9 Å². The second-order valence-corrected chi connectivity index (χ2v) is 4.13. The van der Waals surface area contributed by atoms with Gasteiger partial charge in [0.15, 0.2) is 0 Å². The third kappa shape index (κ3) is 1.48. The molecule has 0 aliphatic heterocycles. The highest BCUT2D eigenvalue weighted by Crippen LogP contribution is 2.26. The summed E-state index contributed by atoms with van der Waals surface area (Å²) in [6.07, 6.45) is 2.82. The van der Waals surface area contributed by atoms with Gasteiger partial charge in [0.05, 0.1) is 0 Å². The van der Waals surface area contributed by atoms with E-state index in [9.17, 15) is 0 Å². The predicted octanol–water partition coefficient (Wildman–Crippen LogP) is 3.14. The van der Waals surface area contributed by atoms with Crippen molar-refractivity contribution in [2.45, 2.75) is 13.3 Å². The van der Waals surface area contributed by atoms with Gasteiger partial charge in [-0.3, -0.25) is 0 Å². The molecule has 1 aromatic carbocycles.